The molecule has 0 spiro atoms. The Balaban J connectivity index is 2.07. The van der Waals surface area contributed by atoms with Gasteiger partial charge in [0.25, 0.3) is 5.90 Å². The Morgan fingerprint density at radius 3 is 2.50 bits per heavy atom. The summed E-state index contributed by atoms with van der Waals surface area (Å²) in [7, 11) is 0. The average Bonchev–Trinajstić information content (AvgIpc) is 2.89. The number of rotatable bonds is 2. The molecule has 24 heavy (non-hydrogen) atoms. The van der Waals surface area contributed by atoms with Crippen molar-refractivity contribution in [1.82, 2.24) is 9.99 Å². The zero-order valence-electron chi connectivity index (χ0n) is 12.8. The fraction of sp³-hybridized carbons (Fsp3) is 0.188. The number of aromatic nitrogens is 1. The van der Waals surface area contributed by atoms with Gasteiger partial charge in [-0.2, -0.15) is 5.01 Å². The molecule has 0 unspecified atom stereocenters. The van der Waals surface area contributed by atoms with Gasteiger partial charge in [0.05, 0.1) is 5.02 Å². The lowest BCUT2D eigenvalue weighted by atomic mass is 10.0. The first-order valence-electron chi connectivity index (χ1n) is 6.98. The van der Waals surface area contributed by atoms with E-state index in [4.69, 9.17) is 27.9 Å². The van der Waals surface area contributed by atoms with Crippen LogP contribution in [0.1, 0.15) is 25.1 Å². The van der Waals surface area contributed by atoms with E-state index in [2.05, 4.69) is 26.0 Å². The van der Waals surface area contributed by atoms with Gasteiger partial charge in [-0.1, -0.05) is 51.3 Å². The SMILES string of the molecule is CC(=O)N1N=C(c2nc(Cl)ccc2Cl)O[C@@]1(C)c1ccc(Br)cc1. The summed E-state index contributed by atoms with van der Waals surface area (Å²) in [5, 5.41) is 6.13. The molecule has 5 nitrogen and oxygen atoms in total. The Bertz CT molecular complexity index is 842. The molecule has 0 radical (unpaired) electrons. The van der Waals surface area contributed by atoms with E-state index in [1.165, 1.54) is 11.9 Å². The zero-order chi connectivity index (χ0) is 17.5. The topological polar surface area (TPSA) is 54.8 Å². The first-order chi connectivity index (χ1) is 11.3. The van der Waals surface area contributed by atoms with Gasteiger partial charge in [-0.3, -0.25) is 4.79 Å². The number of hydrogen-bond acceptors (Lipinski definition) is 4. The molecule has 0 saturated heterocycles. The monoisotopic (exact) mass is 427 g/mol. The molecule has 0 bridgehead atoms. The van der Waals surface area contributed by atoms with Crippen molar-refractivity contribution in [3.63, 3.8) is 0 Å². The number of carbonyl (C=O) groups is 1. The van der Waals surface area contributed by atoms with Crippen molar-refractivity contribution >= 4 is 50.9 Å². The molecule has 2 heterocycles. The fourth-order valence-corrected chi connectivity index (χ4v) is 3.01. The molecule has 8 heteroatoms. The first kappa shape index (κ1) is 17.2. The predicted octanol–water partition coefficient (Wildman–Crippen LogP) is 4.56. The molecule has 0 fully saturated rings. The minimum Gasteiger partial charge on any atom is -0.442 e. The van der Waals surface area contributed by atoms with Crippen LogP contribution in [0.3, 0.4) is 0 Å². The molecule has 3 rings (SSSR count). The maximum Gasteiger partial charge on any atom is 0.261 e. The molecule has 0 saturated carbocycles. The van der Waals surface area contributed by atoms with Crippen molar-refractivity contribution in [1.29, 1.82) is 0 Å². The second kappa shape index (κ2) is 6.35. The van der Waals surface area contributed by atoms with Crippen LogP contribution < -0.4 is 0 Å². The van der Waals surface area contributed by atoms with Crippen molar-refractivity contribution < 1.29 is 9.53 Å². The lowest BCUT2D eigenvalue weighted by molar-refractivity contribution is -0.146. The van der Waals surface area contributed by atoms with Crippen LogP contribution in [0.25, 0.3) is 0 Å². The van der Waals surface area contributed by atoms with Crippen LogP contribution in [0.2, 0.25) is 10.2 Å². The molecular formula is C16H12BrCl2N3O2. The standard InChI is InChI=1S/C16H12BrCl2N3O2/c1-9(23)22-16(2,10-3-5-11(17)6-4-10)24-15(21-22)14-12(18)7-8-13(19)20-14/h3-8H,1-2H3/t16-/m0/s1. The number of pyridine rings is 1. The summed E-state index contributed by atoms with van der Waals surface area (Å²) in [6, 6.07) is 10.6. The number of ether oxygens (including phenoxy) is 1. The van der Waals surface area contributed by atoms with Crippen LogP contribution in [0.5, 0.6) is 0 Å². The van der Waals surface area contributed by atoms with Crippen LogP contribution in [-0.4, -0.2) is 21.8 Å². The first-order valence-corrected chi connectivity index (χ1v) is 8.53. The number of carbonyl (C=O) groups excluding carboxylic acids is 1. The highest BCUT2D eigenvalue weighted by atomic mass is 79.9. The van der Waals surface area contributed by atoms with Gasteiger partial charge < -0.3 is 4.74 Å². The maximum atomic E-state index is 12.1. The van der Waals surface area contributed by atoms with Crippen LogP contribution >= 0.6 is 39.1 Å². The summed E-state index contributed by atoms with van der Waals surface area (Å²) >= 11 is 15.5. The third-order valence-corrected chi connectivity index (χ3v) is 4.63. The van der Waals surface area contributed by atoms with E-state index in [9.17, 15) is 4.79 Å². The minimum absolute atomic E-state index is 0.142. The second-order valence-electron chi connectivity index (χ2n) is 5.29. The largest absolute Gasteiger partial charge is 0.442 e. The Kier molecular flexibility index (Phi) is 4.55. The molecule has 1 aliphatic heterocycles. The third kappa shape index (κ3) is 3.01. The highest BCUT2D eigenvalue weighted by Crippen LogP contribution is 2.37. The summed E-state index contributed by atoms with van der Waals surface area (Å²) in [4.78, 5) is 16.2. The Morgan fingerprint density at radius 2 is 1.88 bits per heavy atom. The lowest BCUT2D eigenvalue weighted by Gasteiger charge is -2.31. The quantitative estimate of drug-likeness (QED) is 0.658. The highest BCUT2D eigenvalue weighted by molar-refractivity contribution is 9.10. The number of benzene rings is 1. The number of nitrogens with zero attached hydrogens (tertiary/aromatic N) is 3. The molecule has 1 aliphatic rings. The minimum atomic E-state index is -1.10. The van der Waals surface area contributed by atoms with E-state index in [0.29, 0.717) is 5.02 Å². The summed E-state index contributed by atoms with van der Waals surface area (Å²) in [5.74, 6) is -0.128. The summed E-state index contributed by atoms with van der Waals surface area (Å²) in [5.41, 5.74) is -0.0519. The van der Waals surface area contributed by atoms with E-state index in [1.807, 2.05) is 24.3 Å². The van der Waals surface area contributed by atoms with Crippen molar-refractivity contribution in [3.8, 4) is 0 Å². The fourth-order valence-electron chi connectivity index (χ4n) is 2.41. The van der Waals surface area contributed by atoms with Crippen molar-refractivity contribution in [2.75, 3.05) is 0 Å². The number of halogens is 3. The average molecular weight is 429 g/mol. The third-order valence-electron chi connectivity index (χ3n) is 3.58. The van der Waals surface area contributed by atoms with E-state index < -0.39 is 5.72 Å². The van der Waals surface area contributed by atoms with Gasteiger partial charge in [-0.15, -0.1) is 5.10 Å². The van der Waals surface area contributed by atoms with E-state index in [-0.39, 0.29) is 22.7 Å². The van der Waals surface area contributed by atoms with Crippen molar-refractivity contribution in [2.24, 2.45) is 5.10 Å². The Labute approximate surface area is 157 Å². The molecule has 0 aliphatic carbocycles. The molecule has 1 amide bonds. The van der Waals surface area contributed by atoms with Gasteiger partial charge in [-0.25, -0.2) is 4.98 Å². The van der Waals surface area contributed by atoms with Gasteiger partial charge in [0.2, 0.25) is 11.6 Å². The smallest absolute Gasteiger partial charge is 0.261 e. The summed E-state index contributed by atoms with van der Waals surface area (Å²) in [6.07, 6.45) is 0. The van der Waals surface area contributed by atoms with Crippen LogP contribution in [0.4, 0.5) is 0 Å². The number of hydrazone groups is 1. The molecule has 124 valence electrons. The summed E-state index contributed by atoms with van der Waals surface area (Å²) < 4.78 is 6.92. The molecule has 0 N–H and O–H groups in total. The molecule has 1 aromatic heterocycles. The Morgan fingerprint density at radius 1 is 1.21 bits per heavy atom. The Hall–Kier alpha value is -1.63. The van der Waals surface area contributed by atoms with Gasteiger partial charge >= 0.3 is 0 Å². The lowest BCUT2D eigenvalue weighted by Crippen LogP contribution is -2.41. The van der Waals surface area contributed by atoms with Gasteiger partial charge in [-0.05, 0) is 24.3 Å². The van der Waals surface area contributed by atoms with Gasteiger partial charge in [0, 0.05) is 23.9 Å². The summed E-state index contributed by atoms with van der Waals surface area (Å²) in [6.45, 7) is 3.17. The van der Waals surface area contributed by atoms with E-state index in [0.717, 1.165) is 10.0 Å². The van der Waals surface area contributed by atoms with E-state index >= 15 is 0 Å². The number of amides is 1. The second-order valence-corrected chi connectivity index (χ2v) is 7.00. The normalized spacial score (nSPS) is 19.9. The molecule has 1 aromatic carbocycles. The van der Waals surface area contributed by atoms with Gasteiger partial charge in [0.15, 0.2) is 0 Å². The molecule has 1 atom stereocenters. The zero-order valence-corrected chi connectivity index (χ0v) is 15.9. The van der Waals surface area contributed by atoms with Crippen LogP contribution in [0.15, 0.2) is 46.0 Å². The maximum absolute atomic E-state index is 12.1. The van der Waals surface area contributed by atoms with E-state index in [1.54, 1.807) is 19.1 Å². The van der Waals surface area contributed by atoms with Gasteiger partial charge in [0.1, 0.15) is 10.8 Å². The van der Waals surface area contributed by atoms with Crippen molar-refractivity contribution in [3.05, 3.63) is 62.3 Å². The van der Waals surface area contributed by atoms with Crippen LogP contribution in [-0.2, 0) is 15.3 Å². The number of hydrogen-bond donors (Lipinski definition) is 0. The highest BCUT2D eigenvalue weighted by Gasteiger charge is 2.45. The van der Waals surface area contributed by atoms with Crippen molar-refractivity contribution in [2.45, 2.75) is 19.6 Å². The molecule has 2 aromatic rings. The molecular weight excluding hydrogens is 417 g/mol. The predicted molar refractivity (Wildman–Crippen MR) is 95.9 cm³/mol. The van der Waals surface area contributed by atoms with Crippen LogP contribution in [0, 0.1) is 0 Å².